The van der Waals surface area contributed by atoms with Gasteiger partial charge in [0.25, 0.3) is 9.28 Å². The molecule has 0 radical (unpaired) electrons. The molecule has 0 saturated carbocycles. The van der Waals surface area contributed by atoms with E-state index in [0.29, 0.717) is 0 Å². The maximum Gasteiger partial charge on any atom is 0.297 e. The van der Waals surface area contributed by atoms with Crippen molar-refractivity contribution in [1.82, 2.24) is 0 Å². The molecule has 2 unspecified atom stereocenters. The molecule has 1 fully saturated rings. The summed E-state index contributed by atoms with van der Waals surface area (Å²) in [6, 6.07) is 0. The van der Waals surface area contributed by atoms with Gasteiger partial charge in [0.05, 0.1) is 0 Å². The van der Waals surface area contributed by atoms with E-state index in [0.717, 1.165) is 0 Å². The molecule has 1 heterocycles. The zero-order chi connectivity index (χ0) is 9.41. The van der Waals surface area contributed by atoms with Crippen molar-refractivity contribution >= 4 is 25.0 Å². The lowest BCUT2D eigenvalue weighted by Gasteiger charge is -2.27. The lowest BCUT2D eigenvalue weighted by Crippen LogP contribution is -2.54. The number of hydrogen-bond acceptors (Lipinski definition) is 2. The van der Waals surface area contributed by atoms with Crippen LogP contribution in [0, 0.1) is 0 Å². The fourth-order valence-electron chi connectivity index (χ4n) is 1.45. The second-order valence-corrected chi connectivity index (χ2v) is 17.6. The van der Waals surface area contributed by atoms with E-state index in [-0.39, 0.29) is 0 Å². The van der Waals surface area contributed by atoms with Crippen LogP contribution in [0.3, 0.4) is 0 Å². The average Bonchev–Trinajstić information content (AvgIpc) is 2.25. The third kappa shape index (κ3) is 1.31. The normalized spacial score (nSPS) is 47.4. The first-order valence-corrected chi connectivity index (χ1v) is 12.2. The fourth-order valence-corrected chi connectivity index (χ4v) is 20.7. The van der Waals surface area contributed by atoms with Gasteiger partial charge in [0.2, 0.25) is 15.7 Å². The molecular weight excluding hydrogens is 200 g/mol. The van der Waals surface area contributed by atoms with Crippen molar-refractivity contribution in [2.45, 2.75) is 19.6 Å². The van der Waals surface area contributed by atoms with Crippen LogP contribution < -0.4 is 0 Å². The van der Waals surface area contributed by atoms with Crippen molar-refractivity contribution in [3.8, 4) is 0 Å². The van der Waals surface area contributed by atoms with Gasteiger partial charge >= 0.3 is 0 Å². The first-order chi connectivity index (χ1) is 5.47. The highest BCUT2D eigenvalue weighted by atomic mass is 29.3. The molecule has 0 spiro atoms. The van der Waals surface area contributed by atoms with Crippen molar-refractivity contribution in [2.75, 3.05) is 0 Å². The van der Waals surface area contributed by atoms with E-state index >= 15 is 0 Å². The third-order valence-corrected chi connectivity index (χ3v) is 21.9. The van der Waals surface area contributed by atoms with E-state index in [2.05, 4.69) is 32.8 Å². The largest absolute Gasteiger partial charge is 0.435 e. The summed E-state index contributed by atoms with van der Waals surface area (Å²) >= 11 is 0. The minimum absolute atomic E-state index is 1.35. The molecule has 0 aliphatic carbocycles. The maximum absolute atomic E-state index is 5.93. The molecule has 0 N–H and O–H groups in total. The lowest BCUT2D eigenvalue weighted by atomic mass is 11.3. The lowest BCUT2D eigenvalue weighted by molar-refractivity contribution is 0.488. The highest BCUT2D eigenvalue weighted by Gasteiger charge is 2.55. The molecular formula is C7H16O2Si3. The van der Waals surface area contributed by atoms with Crippen molar-refractivity contribution in [3.05, 3.63) is 24.6 Å². The van der Waals surface area contributed by atoms with Crippen LogP contribution in [0.1, 0.15) is 0 Å². The molecule has 1 aliphatic rings. The molecule has 0 aromatic carbocycles. The van der Waals surface area contributed by atoms with E-state index in [1.807, 2.05) is 11.4 Å². The quantitative estimate of drug-likeness (QED) is 0.652. The van der Waals surface area contributed by atoms with E-state index in [1.54, 1.807) is 0 Å². The summed E-state index contributed by atoms with van der Waals surface area (Å²) in [5.74, 6) is 0. The topological polar surface area (TPSA) is 18.5 Å². The molecule has 0 amide bonds. The Morgan fingerprint density at radius 1 is 1.08 bits per heavy atom. The third-order valence-electron chi connectivity index (χ3n) is 2.59. The van der Waals surface area contributed by atoms with Crippen LogP contribution in [0.4, 0.5) is 0 Å². The zero-order valence-corrected chi connectivity index (χ0v) is 11.1. The number of rotatable bonds is 2. The highest BCUT2D eigenvalue weighted by molar-refractivity contribution is 7.43. The van der Waals surface area contributed by atoms with Gasteiger partial charge < -0.3 is 8.23 Å². The van der Waals surface area contributed by atoms with Gasteiger partial charge in [-0.2, -0.15) is 0 Å². The van der Waals surface area contributed by atoms with Gasteiger partial charge in [0.1, 0.15) is 0 Å². The molecule has 1 saturated heterocycles. The van der Waals surface area contributed by atoms with Crippen LogP contribution in [-0.4, -0.2) is 25.0 Å². The second-order valence-electron chi connectivity index (χ2n) is 3.43. The van der Waals surface area contributed by atoms with Gasteiger partial charge in [-0.05, 0) is 19.6 Å². The summed E-state index contributed by atoms with van der Waals surface area (Å²) in [6.07, 6.45) is 0. The molecule has 12 heavy (non-hydrogen) atoms. The summed E-state index contributed by atoms with van der Waals surface area (Å²) in [7, 11) is -4.86. The molecule has 2 atom stereocenters. The van der Waals surface area contributed by atoms with E-state index in [9.17, 15) is 0 Å². The first kappa shape index (κ1) is 10.1. The summed E-state index contributed by atoms with van der Waals surface area (Å²) in [6.45, 7) is 14.2. The fraction of sp³-hybridized carbons (Fsp3) is 0.429. The summed E-state index contributed by atoms with van der Waals surface area (Å²) in [4.78, 5) is 0. The Kier molecular flexibility index (Phi) is 2.60. The molecule has 0 aromatic rings. The first-order valence-electron chi connectivity index (χ1n) is 4.10. The van der Waals surface area contributed by atoms with Crippen LogP contribution in [0.5, 0.6) is 0 Å². The van der Waals surface area contributed by atoms with Gasteiger partial charge in [-0.25, -0.2) is 0 Å². The van der Waals surface area contributed by atoms with Gasteiger partial charge in [-0.1, -0.05) is 11.4 Å². The Morgan fingerprint density at radius 2 is 1.42 bits per heavy atom. The number of hydrogen-bond donors (Lipinski definition) is 0. The van der Waals surface area contributed by atoms with Crippen molar-refractivity contribution in [1.29, 1.82) is 0 Å². The predicted molar refractivity (Wildman–Crippen MR) is 58.8 cm³/mol. The van der Waals surface area contributed by atoms with E-state index < -0.39 is 25.0 Å². The second kappa shape index (κ2) is 3.08. The van der Waals surface area contributed by atoms with Crippen LogP contribution >= 0.6 is 0 Å². The van der Waals surface area contributed by atoms with Crippen LogP contribution in [0.25, 0.3) is 0 Å². The minimum atomic E-state index is -1.75. The Hall–Kier alpha value is 0.0506. The molecule has 0 bridgehead atoms. The summed E-state index contributed by atoms with van der Waals surface area (Å²) in [5.41, 5.74) is 3.99. The molecule has 0 aromatic heterocycles. The standard InChI is InChI=1S/C7H16O2Si3/c1-6-11(4)8-10(3)9-12(11,5)7-2/h6-7,10H,1-2H2,3-5H3. The van der Waals surface area contributed by atoms with Gasteiger partial charge in [0, 0.05) is 0 Å². The molecule has 68 valence electrons. The zero-order valence-electron chi connectivity index (χ0n) is 7.96. The van der Waals surface area contributed by atoms with Crippen LogP contribution in [-0.2, 0) is 8.23 Å². The van der Waals surface area contributed by atoms with Crippen LogP contribution in [0.2, 0.25) is 19.6 Å². The Morgan fingerprint density at radius 3 is 1.67 bits per heavy atom. The maximum atomic E-state index is 5.93. The molecule has 1 rings (SSSR count). The molecule has 5 heteroatoms. The van der Waals surface area contributed by atoms with E-state index in [4.69, 9.17) is 8.23 Å². The monoisotopic (exact) mass is 216 g/mol. The SMILES string of the molecule is C=C[Si]1(C)O[SiH](C)O[Si]1(C)C=C. The van der Waals surface area contributed by atoms with Crippen molar-refractivity contribution < 1.29 is 8.23 Å². The Balaban J connectivity index is 3.00. The summed E-state index contributed by atoms with van der Waals surface area (Å²) < 4.78 is 11.9. The Bertz CT molecular complexity index is 199. The molecule has 2 nitrogen and oxygen atoms in total. The van der Waals surface area contributed by atoms with Crippen LogP contribution in [0.15, 0.2) is 24.6 Å². The van der Waals surface area contributed by atoms with E-state index in [1.165, 1.54) is 0 Å². The van der Waals surface area contributed by atoms with Gasteiger partial charge in [-0.3, -0.25) is 0 Å². The highest BCUT2D eigenvalue weighted by Crippen LogP contribution is 2.31. The Labute approximate surface area is 77.8 Å². The van der Waals surface area contributed by atoms with Crippen molar-refractivity contribution in [2.24, 2.45) is 0 Å². The summed E-state index contributed by atoms with van der Waals surface area (Å²) in [5, 5.41) is 0. The smallest absolute Gasteiger partial charge is 0.297 e. The predicted octanol–water partition coefficient (Wildman–Crippen LogP) is 1.56. The molecule has 1 aliphatic heterocycles. The van der Waals surface area contributed by atoms with Crippen molar-refractivity contribution in [3.63, 3.8) is 0 Å². The van der Waals surface area contributed by atoms with Gasteiger partial charge in [0.15, 0.2) is 0 Å². The van der Waals surface area contributed by atoms with Gasteiger partial charge in [-0.15, -0.1) is 13.2 Å². The average molecular weight is 216 g/mol. The minimum Gasteiger partial charge on any atom is -0.435 e.